The molecule has 3 rings (SSSR count). The zero-order valence-corrected chi connectivity index (χ0v) is 11.3. The highest BCUT2D eigenvalue weighted by atomic mass is 32.1. The number of nitrogens with zero attached hydrogens (tertiary/aromatic N) is 2. The van der Waals surface area contributed by atoms with Crippen molar-refractivity contribution in [2.75, 3.05) is 6.54 Å². The molecular formula is C13H17N3OS. The highest BCUT2D eigenvalue weighted by molar-refractivity contribution is 7.11. The average Bonchev–Trinajstić information content (AvgIpc) is 3.01. The molecule has 0 spiro atoms. The Balaban J connectivity index is 1.87. The van der Waals surface area contributed by atoms with Crippen LogP contribution in [0.3, 0.4) is 0 Å². The summed E-state index contributed by atoms with van der Waals surface area (Å²) in [5.74, 6) is 0.759. The van der Waals surface area contributed by atoms with E-state index in [1.54, 1.807) is 0 Å². The molecule has 0 atom stereocenters. The Morgan fingerprint density at radius 1 is 1.44 bits per heavy atom. The normalized spacial score (nSPS) is 21.4. The lowest BCUT2D eigenvalue weighted by molar-refractivity contribution is 0.296. The smallest absolute Gasteiger partial charge is 0.135 e. The molecule has 5 heteroatoms. The second kappa shape index (κ2) is 4.39. The quantitative estimate of drug-likeness (QED) is 0.862. The van der Waals surface area contributed by atoms with Crippen LogP contribution in [0.15, 0.2) is 11.1 Å². The molecular weight excluding hydrogens is 246 g/mol. The van der Waals surface area contributed by atoms with Crippen LogP contribution in [0.4, 0.5) is 0 Å². The van der Waals surface area contributed by atoms with E-state index in [0.717, 1.165) is 23.5 Å². The first-order valence-corrected chi connectivity index (χ1v) is 7.25. The van der Waals surface area contributed by atoms with Gasteiger partial charge in [0.2, 0.25) is 0 Å². The molecule has 96 valence electrons. The van der Waals surface area contributed by atoms with Crippen molar-refractivity contribution in [2.45, 2.75) is 38.6 Å². The predicted octanol–water partition coefficient (Wildman–Crippen LogP) is 2.96. The van der Waals surface area contributed by atoms with Crippen molar-refractivity contribution in [3.8, 4) is 0 Å². The lowest BCUT2D eigenvalue weighted by Gasteiger charge is -2.25. The minimum absolute atomic E-state index is 0.307. The Hall–Kier alpha value is -1.36. The summed E-state index contributed by atoms with van der Waals surface area (Å²) in [6, 6.07) is 0.429. The fraction of sp³-hybridized carbons (Fsp3) is 0.538. The van der Waals surface area contributed by atoms with Crippen LogP contribution < -0.4 is 0 Å². The predicted molar refractivity (Wildman–Crippen MR) is 73.1 cm³/mol. The first kappa shape index (κ1) is 11.7. The number of thiazole rings is 1. The largest absolute Gasteiger partial charge is 0.510 e. The van der Waals surface area contributed by atoms with E-state index in [2.05, 4.69) is 4.98 Å². The Labute approximate surface area is 110 Å². The number of aliphatic hydroxyl groups excluding tert-OH is 1. The molecule has 0 saturated heterocycles. The maximum atomic E-state index is 10.1. The van der Waals surface area contributed by atoms with Crippen molar-refractivity contribution in [3.63, 3.8) is 0 Å². The molecule has 1 aromatic heterocycles. The zero-order chi connectivity index (χ0) is 12.7. The summed E-state index contributed by atoms with van der Waals surface area (Å²) < 4.78 is 0. The SMILES string of the molecule is Cc1csc(C2=C(O)CN(C3CCCC3)C2=N)n1. The van der Waals surface area contributed by atoms with Gasteiger partial charge in [-0.3, -0.25) is 5.41 Å². The van der Waals surface area contributed by atoms with Gasteiger partial charge >= 0.3 is 0 Å². The molecule has 1 aromatic rings. The summed E-state index contributed by atoms with van der Waals surface area (Å²) in [5, 5.41) is 21.1. The molecule has 1 fully saturated rings. The maximum Gasteiger partial charge on any atom is 0.135 e. The van der Waals surface area contributed by atoms with Gasteiger partial charge < -0.3 is 10.0 Å². The van der Waals surface area contributed by atoms with Gasteiger partial charge in [0.05, 0.1) is 12.1 Å². The van der Waals surface area contributed by atoms with Gasteiger partial charge in [0.15, 0.2) is 0 Å². The molecule has 0 bridgehead atoms. The van der Waals surface area contributed by atoms with Crippen molar-refractivity contribution < 1.29 is 5.11 Å². The van der Waals surface area contributed by atoms with Gasteiger partial charge in [-0.05, 0) is 19.8 Å². The van der Waals surface area contributed by atoms with E-state index in [1.165, 1.54) is 24.2 Å². The van der Waals surface area contributed by atoms with E-state index in [4.69, 9.17) is 5.41 Å². The van der Waals surface area contributed by atoms with E-state index in [-0.39, 0.29) is 0 Å². The Morgan fingerprint density at radius 3 is 2.78 bits per heavy atom. The fourth-order valence-corrected chi connectivity index (χ4v) is 3.68. The third-order valence-electron chi connectivity index (χ3n) is 3.73. The van der Waals surface area contributed by atoms with E-state index in [9.17, 15) is 5.11 Å². The number of hydrogen-bond acceptors (Lipinski definition) is 4. The van der Waals surface area contributed by atoms with Crippen LogP contribution >= 0.6 is 11.3 Å². The van der Waals surface area contributed by atoms with Crippen LogP contribution in [0, 0.1) is 12.3 Å². The summed E-state index contributed by atoms with van der Waals surface area (Å²) in [5.41, 5.74) is 1.59. The van der Waals surface area contributed by atoms with Crippen molar-refractivity contribution >= 4 is 22.7 Å². The molecule has 0 radical (unpaired) electrons. The third-order valence-corrected chi connectivity index (χ3v) is 4.71. The van der Waals surface area contributed by atoms with Gasteiger partial charge in [-0.25, -0.2) is 4.98 Å². The summed E-state index contributed by atoms with van der Waals surface area (Å²) in [7, 11) is 0. The highest BCUT2D eigenvalue weighted by Crippen LogP contribution is 2.34. The van der Waals surface area contributed by atoms with Crippen LogP contribution in [-0.4, -0.2) is 33.4 Å². The topological polar surface area (TPSA) is 60.2 Å². The molecule has 2 heterocycles. The van der Waals surface area contributed by atoms with Crippen molar-refractivity contribution in [1.82, 2.24) is 9.88 Å². The average molecular weight is 263 g/mol. The number of hydrogen-bond donors (Lipinski definition) is 2. The molecule has 0 aromatic carbocycles. The minimum atomic E-state index is 0.307. The van der Waals surface area contributed by atoms with Gasteiger partial charge in [-0.15, -0.1) is 11.3 Å². The number of amidine groups is 1. The van der Waals surface area contributed by atoms with Crippen LogP contribution in [0.25, 0.3) is 5.57 Å². The molecule has 0 unspecified atom stereocenters. The van der Waals surface area contributed by atoms with E-state index >= 15 is 0 Å². The maximum absolute atomic E-state index is 10.1. The van der Waals surface area contributed by atoms with Crippen LogP contribution in [-0.2, 0) is 0 Å². The number of nitrogens with one attached hydrogen (secondary N) is 1. The first-order chi connectivity index (χ1) is 8.66. The molecule has 0 amide bonds. The minimum Gasteiger partial charge on any atom is -0.510 e. The second-order valence-electron chi connectivity index (χ2n) is 5.03. The molecule has 1 aliphatic heterocycles. The van der Waals surface area contributed by atoms with Gasteiger partial charge in [0.25, 0.3) is 0 Å². The number of aliphatic hydroxyl groups is 1. The van der Waals surface area contributed by atoms with Crippen LogP contribution in [0.2, 0.25) is 0 Å². The number of aryl methyl sites for hydroxylation is 1. The second-order valence-corrected chi connectivity index (χ2v) is 5.89. The molecule has 1 saturated carbocycles. The van der Waals surface area contributed by atoms with Crippen molar-refractivity contribution in [2.24, 2.45) is 0 Å². The van der Waals surface area contributed by atoms with Crippen molar-refractivity contribution in [1.29, 1.82) is 5.41 Å². The molecule has 4 nitrogen and oxygen atoms in total. The molecule has 2 N–H and O–H groups in total. The zero-order valence-electron chi connectivity index (χ0n) is 10.4. The Bertz CT molecular complexity index is 514. The summed E-state index contributed by atoms with van der Waals surface area (Å²) >= 11 is 1.50. The van der Waals surface area contributed by atoms with Gasteiger partial charge in [0.1, 0.15) is 16.6 Å². The van der Waals surface area contributed by atoms with E-state index in [0.29, 0.717) is 29.8 Å². The first-order valence-electron chi connectivity index (χ1n) is 6.37. The van der Waals surface area contributed by atoms with E-state index < -0.39 is 0 Å². The Kier molecular flexibility index (Phi) is 2.86. The monoisotopic (exact) mass is 263 g/mol. The number of aromatic nitrogens is 1. The third kappa shape index (κ3) is 1.82. The van der Waals surface area contributed by atoms with Crippen LogP contribution in [0.1, 0.15) is 36.4 Å². The number of rotatable bonds is 2. The summed E-state index contributed by atoms with van der Waals surface area (Å²) in [4.78, 5) is 6.42. The van der Waals surface area contributed by atoms with Gasteiger partial charge in [-0.1, -0.05) is 12.8 Å². The van der Waals surface area contributed by atoms with E-state index in [1.807, 2.05) is 17.2 Å². The molecule has 1 aliphatic carbocycles. The summed E-state index contributed by atoms with van der Waals surface area (Å²) in [6.07, 6.45) is 4.75. The van der Waals surface area contributed by atoms with Crippen LogP contribution in [0.5, 0.6) is 0 Å². The molecule has 18 heavy (non-hydrogen) atoms. The molecule has 2 aliphatic rings. The standard InChI is InChI=1S/C13H17N3OS/c1-8-7-18-13(15-8)11-10(17)6-16(12(11)14)9-4-2-3-5-9/h7,9,14,17H,2-6H2,1H3. The lowest BCUT2D eigenvalue weighted by Crippen LogP contribution is -2.35. The lowest BCUT2D eigenvalue weighted by atomic mass is 10.2. The van der Waals surface area contributed by atoms with Gasteiger partial charge in [-0.2, -0.15) is 0 Å². The highest BCUT2D eigenvalue weighted by Gasteiger charge is 2.35. The fourth-order valence-electron chi connectivity index (χ4n) is 2.82. The van der Waals surface area contributed by atoms with Crippen molar-refractivity contribution in [3.05, 3.63) is 21.8 Å². The van der Waals surface area contributed by atoms with Gasteiger partial charge in [0, 0.05) is 17.1 Å². The summed E-state index contributed by atoms with van der Waals surface area (Å²) in [6.45, 7) is 2.42. The Morgan fingerprint density at radius 2 is 2.17 bits per heavy atom.